The van der Waals surface area contributed by atoms with E-state index >= 15 is 0 Å². The van der Waals surface area contributed by atoms with E-state index in [1.165, 1.54) is 6.92 Å². The van der Waals surface area contributed by atoms with Crippen LogP contribution in [0.4, 0.5) is 11.4 Å². The predicted octanol–water partition coefficient (Wildman–Crippen LogP) is 4.80. The zero-order valence-corrected chi connectivity index (χ0v) is 15.5. The fourth-order valence-corrected chi connectivity index (χ4v) is 2.61. The molecule has 1 aromatic heterocycles. The molecule has 0 aliphatic heterocycles. The van der Waals surface area contributed by atoms with Crippen molar-refractivity contribution in [1.82, 2.24) is 4.98 Å². The van der Waals surface area contributed by atoms with Crippen LogP contribution in [-0.2, 0) is 6.54 Å². The van der Waals surface area contributed by atoms with E-state index in [-0.39, 0.29) is 17.4 Å². The molecule has 5 nitrogen and oxygen atoms in total. The first-order valence-electron chi connectivity index (χ1n) is 8.38. The molecule has 27 heavy (non-hydrogen) atoms. The number of pyridine rings is 1. The van der Waals surface area contributed by atoms with Crippen LogP contribution < -0.4 is 10.6 Å². The Labute approximate surface area is 162 Å². The number of nitrogens with one attached hydrogen (secondary N) is 2. The van der Waals surface area contributed by atoms with Crippen molar-refractivity contribution in [3.63, 3.8) is 0 Å². The van der Waals surface area contributed by atoms with E-state index in [9.17, 15) is 9.59 Å². The molecule has 0 unspecified atom stereocenters. The van der Waals surface area contributed by atoms with Gasteiger partial charge >= 0.3 is 0 Å². The third-order valence-corrected chi connectivity index (χ3v) is 4.18. The molecule has 3 rings (SSSR count). The van der Waals surface area contributed by atoms with Gasteiger partial charge in [0.2, 0.25) is 0 Å². The summed E-state index contributed by atoms with van der Waals surface area (Å²) in [7, 11) is 0. The fourth-order valence-electron chi connectivity index (χ4n) is 2.48. The number of rotatable bonds is 6. The normalized spacial score (nSPS) is 10.3. The minimum atomic E-state index is -0.342. The van der Waals surface area contributed by atoms with Crippen LogP contribution in [0, 0.1) is 0 Å². The number of Topliss-reactive ketones (excluding diaryl/α,β-unsaturated/α-hetero) is 1. The van der Waals surface area contributed by atoms with Gasteiger partial charge in [-0.2, -0.15) is 0 Å². The Morgan fingerprint density at radius 1 is 1.00 bits per heavy atom. The van der Waals surface area contributed by atoms with Gasteiger partial charge in [0, 0.05) is 34.7 Å². The van der Waals surface area contributed by atoms with E-state index in [4.69, 9.17) is 11.6 Å². The van der Waals surface area contributed by atoms with Crippen LogP contribution in [0.1, 0.15) is 33.3 Å². The van der Waals surface area contributed by atoms with Crippen LogP contribution in [0.15, 0.2) is 66.9 Å². The average Bonchev–Trinajstić information content (AvgIpc) is 2.68. The Morgan fingerprint density at radius 3 is 2.52 bits per heavy atom. The molecule has 0 bridgehead atoms. The maximum absolute atomic E-state index is 12.5. The summed E-state index contributed by atoms with van der Waals surface area (Å²) in [5.74, 6) is -0.400. The highest BCUT2D eigenvalue weighted by molar-refractivity contribution is 6.30. The molecule has 0 spiro atoms. The second-order valence-corrected chi connectivity index (χ2v) is 6.44. The topological polar surface area (TPSA) is 71.1 Å². The summed E-state index contributed by atoms with van der Waals surface area (Å²) in [4.78, 5) is 28.0. The fraction of sp³-hybridized carbons (Fsp3) is 0.0952. The molecule has 0 aliphatic carbocycles. The molecule has 2 N–H and O–H groups in total. The van der Waals surface area contributed by atoms with Gasteiger partial charge in [0.15, 0.2) is 5.78 Å². The number of carbonyl (C=O) groups excluding carboxylic acids is 2. The number of carbonyl (C=O) groups is 2. The van der Waals surface area contributed by atoms with Crippen LogP contribution in [0.2, 0.25) is 5.02 Å². The van der Waals surface area contributed by atoms with Crippen molar-refractivity contribution < 1.29 is 9.59 Å². The van der Waals surface area contributed by atoms with Crippen LogP contribution >= 0.6 is 11.6 Å². The lowest BCUT2D eigenvalue weighted by Gasteiger charge is -2.09. The van der Waals surface area contributed by atoms with Crippen molar-refractivity contribution in [2.24, 2.45) is 0 Å². The molecule has 3 aromatic rings. The van der Waals surface area contributed by atoms with Crippen molar-refractivity contribution in [2.45, 2.75) is 13.5 Å². The maximum Gasteiger partial charge on any atom is 0.274 e. The van der Waals surface area contributed by atoms with Gasteiger partial charge in [-0.05, 0) is 48.9 Å². The smallest absolute Gasteiger partial charge is 0.274 e. The van der Waals surface area contributed by atoms with Gasteiger partial charge in [0.25, 0.3) is 5.91 Å². The van der Waals surface area contributed by atoms with Crippen LogP contribution in [0.3, 0.4) is 0 Å². The standard InChI is InChI=1S/C21H18ClN3O2/c1-14(26)16-3-2-4-19(11-16)25-21(27)20-12-18(9-10-23-20)24-13-15-5-7-17(22)8-6-15/h2-12H,13H2,1H3,(H,23,24)(H,25,27). The number of hydrogen-bond donors (Lipinski definition) is 2. The van der Waals surface area contributed by atoms with E-state index in [1.54, 1.807) is 42.6 Å². The minimum Gasteiger partial charge on any atom is -0.381 e. The molecule has 136 valence electrons. The van der Waals surface area contributed by atoms with Crippen molar-refractivity contribution in [3.05, 3.63) is 88.7 Å². The molecule has 0 radical (unpaired) electrons. The van der Waals surface area contributed by atoms with Crippen molar-refractivity contribution in [2.75, 3.05) is 10.6 Å². The molecule has 0 atom stereocenters. The summed E-state index contributed by atoms with van der Waals surface area (Å²) in [6.07, 6.45) is 1.57. The number of anilines is 2. The number of halogens is 1. The highest BCUT2D eigenvalue weighted by atomic mass is 35.5. The van der Waals surface area contributed by atoms with Crippen molar-refractivity contribution >= 4 is 34.7 Å². The molecular weight excluding hydrogens is 362 g/mol. The largest absolute Gasteiger partial charge is 0.381 e. The third kappa shape index (κ3) is 5.15. The summed E-state index contributed by atoms with van der Waals surface area (Å²) in [6, 6.07) is 17.8. The Hall–Kier alpha value is -3.18. The van der Waals surface area contributed by atoms with E-state index < -0.39 is 0 Å². The third-order valence-electron chi connectivity index (χ3n) is 3.93. The number of benzene rings is 2. The lowest BCUT2D eigenvalue weighted by atomic mass is 10.1. The van der Waals surface area contributed by atoms with Crippen molar-refractivity contribution in [1.29, 1.82) is 0 Å². The first kappa shape index (κ1) is 18.6. The van der Waals surface area contributed by atoms with E-state index in [0.717, 1.165) is 11.3 Å². The van der Waals surface area contributed by atoms with Crippen LogP contribution in [0.5, 0.6) is 0 Å². The monoisotopic (exact) mass is 379 g/mol. The molecule has 2 aromatic carbocycles. The lowest BCUT2D eigenvalue weighted by Crippen LogP contribution is -2.14. The first-order valence-corrected chi connectivity index (χ1v) is 8.76. The Bertz CT molecular complexity index is 971. The lowest BCUT2D eigenvalue weighted by molar-refractivity contribution is 0.100. The summed E-state index contributed by atoms with van der Waals surface area (Å²) in [5, 5.41) is 6.71. The Balaban J connectivity index is 1.67. The molecule has 6 heteroatoms. The molecule has 0 saturated carbocycles. The number of nitrogens with zero attached hydrogens (tertiary/aromatic N) is 1. The van der Waals surface area contributed by atoms with Gasteiger partial charge in [-0.3, -0.25) is 14.6 Å². The van der Waals surface area contributed by atoms with Crippen LogP contribution in [-0.4, -0.2) is 16.7 Å². The molecular formula is C21H18ClN3O2. The van der Waals surface area contributed by atoms with E-state index in [1.807, 2.05) is 24.3 Å². The maximum atomic E-state index is 12.5. The van der Waals surface area contributed by atoms with Gasteiger partial charge in [-0.25, -0.2) is 0 Å². The van der Waals surface area contributed by atoms with Crippen LogP contribution in [0.25, 0.3) is 0 Å². The highest BCUT2D eigenvalue weighted by Crippen LogP contribution is 2.15. The SMILES string of the molecule is CC(=O)c1cccc(NC(=O)c2cc(NCc3ccc(Cl)cc3)ccn2)c1. The summed E-state index contributed by atoms with van der Waals surface area (Å²) >= 11 is 5.89. The molecule has 1 heterocycles. The molecule has 0 saturated heterocycles. The quantitative estimate of drug-likeness (QED) is 0.603. The van der Waals surface area contributed by atoms with Gasteiger partial charge in [-0.1, -0.05) is 35.9 Å². The summed E-state index contributed by atoms with van der Waals surface area (Å²) in [5.41, 5.74) is 3.23. The van der Waals surface area contributed by atoms with Gasteiger partial charge in [-0.15, -0.1) is 0 Å². The van der Waals surface area contributed by atoms with E-state index in [2.05, 4.69) is 15.6 Å². The number of aromatic nitrogens is 1. The van der Waals surface area contributed by atoms with Gasteiger partial charge < -0.3 is 10.6 Å². The molecule has 0 fully saturated rings. The predicted molar refractivity (Wildman–Crippen MR) is 107 cm³/mol. The zero-order chi connectivity index (χ0) is 19.2. The zero-order valence-electron chi connectivity index (χ0n) is 14.7. The van der Waals surface area contributed by atoms with Gasteiger partial charge in [0.1, 0.15) is 5.69 Å². The number of hydrogen-bond acceptors (Lipinski definition) is 4. The Morgan fingerprint density at radius 2 is 1.78 bits per heavy atom. The molecule has 1 amide bonds. The van der Waals surface area contributed by atoms with Gasteiger partial charge in [0.05, 0.1) is 0 Å². The highest BCUT2D eigenvalue weighted by Gasteiger charge is 2.10. The second kappa shape index (κ2) is 8.47. The summed E-state index contributed by atoms with van der Waals surface area (Å²) < 4.78 is 0. The first-order chi connectivity index (χ1) is 13.0. The molecule has 0 aliphatic rings. The minimum absolute atomic E-state index is 0.0578. The number of amides is 1. The average molecular weight is 380 g/mol. The summed E-state index contributed by atoms with van der Waals surface area (Å²) in [6.45, 7) is 2.08. The Kier molecular flexibility index (Phi) is 5.84. The van der Waals surface area contributed by atoms with Crippen molar-refractivity contribution in [3.8, 4) is 0 Å². The number of ketones is 1. The second-order valence-electron chi connectivity index (χ2n) is 6.00. The van der Waals surface area contributed by atoms with E-state index in [0.29, 0.717) is 22.8 Å².